The molecule has 0 aliphatic carbocycles. The first-order valence-electron chi connectivity index (χ1n) is 14.9. The molecule has 6 rings (SSSR count). The highest BCUT2D eigenvalue weighted by Gasteiger charge is 2.33. The third kappa shape index (κ3) is 7.41. The molecule has 3 aromatic carbocycles. The van der Waals surface area contributed by atoms with Gasteiger partial charge in [0.05, 0.1) is 28.9 Å². The maximum Gasteiger partial charge on any atom is 0.253 e. The summed E-state index contributed by atoms with van der Waals surface area (Å²) < 4.78 is 2.00. The lowest BCUT2D eigenvalue weighted by atomic mass is 10.00. The van der Waals surface area contributed by atoms with Crippen LogP contribution in [-0.2, 0) is 24.3 Å². The van der Waals surface area contributed by atoms with Gasteiger partial charge in [-0.2, -0.15) is 5.10 Å². The molecule has 10 heteroatoms. The van der Waals surface area contributed by atoms with Crippen molar-refractivity contribution in [3.05, 3.63) is 135 Å². The molecule has 1 atom stereocenters. The van der Waals surface area contributed by atoms with Gasteiger partial charge in [0.15, 0.2) is 11.0 Å². The molecule has 0 spiro atoms. The van der Waals surface area contributed by atoms with E-state index in [1.54, 1.807) is 22.4 Å². The van der Waals surface area contributed by atoms with Crippen LogP contribution < -0.4 is 5.32 Å². The molecule has 2 aromatic heterocycles. The lowest BCUT2D eigenvalue weighted by Crippen LogP contribution is -2.28. The number of benzene rings is 3. The van der Waals surface area contributed by atoms with Crippen molar-refractivity contribution in [1.29, 1.82) is 0 Å². The van der Waals surface area contributed by atoms with Gasteiger partial charge in [-0.15, -0.1) is 21.5 Å². The summed E-state index contributed by atoms with van der Waals surface area (Å²) in [6.45, 7) is 4.85. The van der Waals surface area contributed by atoms with Gasteiger partial charge in [0.2, 0.25) is 0 Å². The lowest BCUT2D eigenvalue weighted by molar-refractivity contribution is -0.130. The van der Waals surface area contributed by atoms with Crippen molar-refractivity contribution in [3.63, 3.8) is 0 Å². The number of aryl methyl sites for hydroxylation is 3. The fourth-order valence-electron chi connectivity index (χ4n) is 5.29. The second-order valence-electron chi connectivity index (χ2n) is 11.0. The quantitative estimate of drug-likeness (QED) is 0.165. The van der Waals surface area contributed by atoms with Gasteiger partial charge in [0.25, 0.3) is 11.8 Å². The number of carbonyl (C=O) groups is 2. The molecular formula is C35H34N6O2S2. The summed E-state index contributed by atoms with van der Waals surface area (Å²) in [7, 11) is 0. The van der Waals surface area contributed by atoms with Gasteiger partial charge in [-0.05, 0) is 55.0 Å². The van der Waals surface area contributed by atoms with Gasteiger partial charge in [0, 0.05) is 18.5 Å². The number of thiophene rings is 1. The minimum absolute atomic E-state index is 0.0935. The van der Waals surface area contributed by atoms with Gasteiger partial charge < -0.3 is 9.88 Å². The van der Waals surface area contributed by atoms with Crippen LogP contribution in [0.5, 0.6) is 0 Å². The molecule has 5 aromatic rings. The number of nitrogens with zero attached hydrogens (tertiary/aromatic N) is 5. The van der Waals surface area contributed by atoms with Crippen molar-refractivity contribution in [1.82, 2.24) is 25.1 Å². The first-order chi connectivity index (χ1) is 21.9. The van der Waals surface area contributed by atoms with Crippen LogP contribution in [0.3, 0.4) is 0 Å². The van der Waals surface area contributed by atoms with E-state index in [4.69, 9.17) is 5.10 Å². The third-order valence-electron chi connectivity index (χ3n) is 7.71. The van der Waals surface area contributed by atoms with Crippen LogP contribution in [0, 0.1) is 13.8 Å². The Bertz CT molecular complexity index is 1800. The number of aromatic nitrogens is 3. The van der Waals surface area contributed by atoms with Crippen LogP contribution in [-0.4, -0.2) is 43.1 Å². The predicted octanol–water partition coefficient (Wildman–Crippen LogP) is 6.60. The minimum atomic E-state index is -0.170. The summed E-state index contributed by atoms with van der Waals surface area (Å²) in [5.74, 6) is 0.529. The molecule has 1 aliphatic rings. The molecule has 2 amide bonds. The smallest absolute Gasteiger partial charge is 0.253 e. The number of carbonyl (C=O) groups excluding carboxylic acids is 2. The number of hydrogen-bond donors (Lipinski definition) is 1. The summed E-state index contributed by atoms with van der Waals surface area (Å²) >= 11 is 2.98. The monoisotopic (exact) mass is 634 g/mol. The van der Waals surface area contributed by atoms with Crippen molar-refractivity contribution in [2.45, 2.75) is 51.0 Å². The average Bonchev–Trinajstić information content (AvgIpc) is 3.83. The van der Waals surface area contributed by atoms with Gasteiger partial charge in [0.1, 0.15) is 0 Å². The number of hydrogen-bond acceptors (Lipinski definition) is 7. The Morgan fingerprint density at radius 3 is 2.51 bits per heavy atom. The normalized spacial score (nSPS) is 14.4. The zero-order valence-corrected chi connectivity index (χ0v) is 26.9. The predicted molar refractivity (Wildman–Crippen MR) is 179 cm³/mol. The fourth-order valence-corrected chi connectivity index (χ4v) is 6.84. The topological polar surface area (TPSA) is 92.5 Å². The van der Waals surface area contributed by atoms with Crippen molar-refractivity contribution >= 4 is 40.6 Å². The molecular weight excluding hydrogens is 601 g/mol. The van der Waals surface area contributed by atoms with Crippen molar-refractivity contribution in [3.8, 4) is 0 Å². The van der Waals surface area contributed by atoms with Gasteiger partial charge in [-0.25, -0.2) is 5.01 Å². The molecule has 3 heterocycles. The second-order valence-corrected chi connectivity index (χ2v) is 12.9. The molecule has 228 valence electrons. The van der Waals surface area contributed by atoms with Gasteiger partial charge in [-0.3, -0.25) is 9.59 Å². The second kappa shape index (κ2) is 14.0. The highest BCUT2D eigenvalue weighted by atomic mass is 32.2. The highest BCUT2D eigenvalue weighted by Crippen LogP contribution is 2.35. The van der Waals surface area contributed by atoms with Crippen molar-refractivity contribution in [2.75, 3.05) is 5.75 Å². The zero-order valence-electron chi connectivity index (χ0n) is 25.2. The highest BCUT2D eigenvalue weighted by molar-refractivity contribution is 7.99. The molecule has 0 bridgehead atoms. The largest absolute Gasteiger partial charge is 0.345 e. The fraction of sp³-hybridized carbons (Fsp3) is 0.229. The molecule has 1 aliphatic heterocycles. The molecule has 0 saturated carbocycles. The summed E-state index contributed by atoms with van der Waals surface area (Å²) in [5.41, 5.74) is 5.96. The number of rotatable bonds is 11. The van der Waals surface area contributed by atoms with E-state index in [0.717, 1.165) is 28.1 Å². The van der Waals surface area contributed by atoms with Crippen LogP contribution in [0.25, 0.3) is 0 Å². The Morgan fingerprint density at radius 2 is 1.76 bits per heavy atom. The number of hydrazone groups is 1. The molecule has 45 heavy (non-hydrogen) atoms. The number of thioether (sulfide) groups is 1. The van der Waals surface area contributed by atoms with E-state index in [9.17, 15) is 9.59 Å². The van der Waals surface area contributed by atoms with Gasteiger partial charge in [-0.1, -0.05) is 95.7 Å². The molecule has 0 unspecified atom stereocenters. The van der Waals surface area contributed by atoms with E-state index >= 15 is 0 Å². The van der Waals surface area contributed by atoms with Gasteiger partial charge >= 0.3 is 0 Å². The maximum atomic E-state index is 13.8. The molecule has 0 fully saturated rings. The Hall–Kier alpha value is -4.54. The van der Waals surface area contributed by atoms with E-state index < -0.39 is 0 Å². The van der Waals surface area contributed by atoms with Crippen LogP contribution in [0.1, 0.15) is 55.8 Å². The molecule has 0 saturated heterocycles. The number of nitrogens with one attached hydrogen (secondary N) is 1. The minimum Gasteiger partial charge on any atom is -0.345 e. The first-order valence-corrected chi connectivity index (χ1v) is 16.7. The number of amides is 2. The molecule has 8 nitrogen and oxygen atoms in total. The van der Waals surface area contributed by atoms with E-state index in [0.29, 0.717) is 29.5 Å². The Morgan fingerprint density at radius 1 is 0.933 bits per heavy atom. The standard InChI is InChI=1S/C35H34N6O2S2/c1-24-13-15-27(16-14-24)30-21-29(31-12-7-19-44-31)39-41(30)33(42)23-45-35-38-37-32(40(35)18-17-26-9-4-3-5-10-26)22-36-34(43)28-11-6-8-25(2)20-28/h3-16,19-20,30H,17-18,21-23H2,1-2H3,(H,36,43)/t30-/m1/s1. The Balaban J connectivity index is 1.19. The zero-order chi connectivity index (χ0) is 31.2. The summed E-state index contributed by atoms with van der Waals surface area (Å²) in [5, 5.41) is 21.0. The lowest BCUT2D eigenvalue weighted by Gasteiger charge is -2.22. The maximum absolute atomic E-state index is 13.8. The van der Waals surface area contributed by atoms with Crippen LogP contribution in [0.4, 0.5) is 0 Å². The van der Waals surface area contributed by atoms with E-state index in [1.807, 2.05) is 65.4 Å². The van der Waals surface area contributed by atoms with Crippen molar-refractivity contribution < 1.29 is 9.59 Å². The first kappa shape index (κ1) is 30.5. The summed E-state index contributed by atoms with van der Waals surface area (Å²) in [4.78, 5) is 27.7. The SMILES string of the molecule is Cc1ccc([C@H]2CC(c3cccs3)=NN2C(=O)CSc2nnc(CNC(=O)c3cccc(C)c3)n2CCc2ccccc2)cc1. The van der Waals surface area contributed by atoms with Crippen LogP contribution >= 0.6 is 23.1 Å². The van der Waals surface area contributed by atoms with Crippen LogP contribution in [0.15, 0.2) is 107 Å². The molecule has 1 N–H and O–H groups in total. The Labute approximate surface area is 271 Å². The Kier molecular flexibility index (Phi) is 9.52. The summed E-state index contributed by atoms with van der Waals surface area (Å²) in [6.07, 6.45) is 1.42. The van der Waals surface area contributed by atoms with E-state index in [1.165, 1.54) is 22.9 Å². The third-order valence-corrected chi connectivity index (χ3v) is 9.58. The van der Waals surface area contributed by atoms with Crippen molar-refractivity contribution in [2.24, 2.45) is 5.10 Å². The average molecular weight is 635 g/mol. The van der Waals surface area contributed by atoms with E-state index in [-0.39, 0.29) is 30.2 Å². The summed E-state index contributed by atoms with van der Waals surface area (Å²) in [6, 6.07) is 29.9. The van der Waals surface area contributed by atoms with E-state index in [2.05, 4.69) is 58.8 Å². The molecule has 0 radical (unpaired) electrons. The van der Waals surface area contributed by atoms with Crippen LogP contribution in [0.2, 0.25) is 0 Å².